The van der Waals surface area contributed by atoms with E-state index in [1.807, 2.05) is 0 Å². The summed E-state index contributed by atoms with van der Waals surface area (Å²) < 4.78 is 0. The summed E-state index contributed by atoms with van der Waals surface area (Å²) in [5.74, 6) is 1.35. The summed E-state index contributed by atoms with van der Waals surface area (Å²) in [6.07, 6.45) is 0. The van der Waals surface area contributed by atoms with Gasteiger partial charge in [0.1, 0.15) is 0 Å². The van der Waals surface area contributed by atoms with Crippen molar-refractivity contribution in [3.63, 3.8) is 0 Å². The summed E-state index contributed by atoms with van der Waals surface area (Å²) in [5, 5.41) is 15.0. The number of hydrogen-bond acceptors (Lipinski definition) is 4. The molecule has 1 N–H and O–H groups in total. The van der Waals surface area contributed by atoms with Crippen molar-refractivity contribution in [3.05, 3.63) is 38.9 Å². The molecule has 0 amide bonds. The molecule has 2 fully saturated rings. The first-order valence-electron chi connectivity index (χ1n) is 6.94. The number of nitrogens with zero attached hydrogens (tertiary/aromatic N) is 2. The van der Waals surface area contributed by atoms with Gasteiger partial charge in [-0.25, -0.2) is 0 Å². The maximum atomic E-state index is 11.1. The highest BCUT2D eigenvalue weighted by Gasteiger charge is 2.41. The van der Waals surface area contributed by atoms with Crippen molar-refractivity contribution in [2.24, 2.45) is 11.8 Å². The van der Waals surface area contributed by atoms with Crippen LogP contribution < -0.4 is 5.32 Å². The van der Waals surface area contributed by atoms with Gasteiger partial charge in [-0.3, -0.25) is 15.0 Å². The van der Waals surface area contributed by atoms with Gasteiger partial charge < -0.3 is 5.32 Å². The fourth-order valence-electron chi connectivity index (χ4n) is 3.52. The van der Waals surface area contributed by atoms with Crippen LogP contribution in [0.25, 0.3) is 0 Å². The van der Waals surface area contributed by atoms with Crippen molar-refractivity contribution in [3.8, 4) is 0 Å². The second-order valence-corrected chi connectivity index (χ2v) is 6.22. The number of nitro benzene ring substituents is 1. The lowest BCUT2D eigenvalue weighted by Gasteiger charge is -2.24. The highest BCUT2D eigenvalue weighted by atomic mass is 35.5. The van der Waals surface area contributed by atoms with Gasteiger partial charge in [-0.1, -0.05) is 11.6 Å². The van der Waals surface area contributed by atoms with Crippen LogP contribution in [0.4, 0.5) is 5.69 Å². The van der Waals surface area contributed by atoms with E-state index >= 15 is 0 Å². The monoisotopic (exact) mass is 295 g/mol. The lowest BCUT2D eigenvalue weighted by Crippen LogP contribution is -2.32. The van der Waals surface area contributed by atoms with Crippen LogP contribution >= 0.6 is 11.6 Å². The van der Waals surface area contributed by atoms with Crippen LogP contribution in [0.2, 0.25) is 5.02 Å². The second-order valence-electron chi connectivity index (χ2n) is 5.78. The Morgan fingerprint density at radius 3 is 3.00 bits per heavy atom. The van der Waals surface area contributed by atoms with Crippen molar-refractivity contribution >= 4 is 17.3 Å². The van der Waals surface area contributed by atoms with Crippen LogP contribution in [0.3, 0.4) is 0 Å². The zero-order valence-corrected chi connectivity index (χ0v) is 12.1. The molecule has 0 aliphatic carbocycles. The van der Waals surface area contributed by atoms with Gasteiger partial charge in [-0.05, 0) is 44.0 Å². The molecule has 0 saturated carbocycles. The molecule has 1 aromatic carbocycles. The Kier molecular flexibility index (Phi) is 3.67. The fourth-order valence-corrected chi connectivity index (χ4v) is 3.69. The van der Waals surface area contributed by atoms with E-state index in [1.54, 1.807) is 12.1 Å². The average molecular weight is 296 g/mol. The molecule has 1 aromatic rings. The molecule has 2 heterocycles. The summed E-state index contributed by atoms with van der Waals surface area (Å²) in [6.45, 7) is 5.99. The van der Waals surface area contributed by atoms with Crippen LogP contribution in [0.15, 0.2) is 18.2 Å². The third kappa shape index (κ3) is 2.41. The normalized spacial score (nSPS) is 29.6. The van der Waals surface area contributed by atoms with Crippen LogP contribution in [0.1, 0.15) is 12.5 Å². The largest absolute Gasteiger partial charge is 0.316 e. The molecule has 0 spiro atoms. The zero-order chi connectivity index (χ0) is 14.3. The zero-order valence-electron chi connectivity index (χ0n) is 11.4. The number of likely N-dealkylation sites (tertiary alicyclic amines) is 1. The van der Waals surface area contributed by atoms with Gasteiger partial charge in [0.2, 0.25) is 0 Å². The number of fused-ring (bicyclic) bond motifs is 1. The highest BCUT2D eigenvalue weighted by Crippen LogP contribution is 2.34. The number of halogens is 1. The Labute approximate surface area is 123 Å². The average Bonchev–Trinajstić information content (AvgIpc) is 2.96. The standard InChI is InChI=1S/C14H18ClN3O2/c1-9-13-6-16-5-11(13)8-17(9)7-10-2-3-12(15)4-14(10)18(19)20/h2-4,9,11,13,16H,5-8H2,1H3. The van der Waals surface area contributed by atoms with Gasteiger partial charge in [-0.15, -0.1) is 0 Å². The molecular formula is C14H18ClN3O2. The minimum absolute atomic E-state index is 0.125. The molecule has 3 unspecified atom stereocenters. The minimum Gasteiger partial charge on any atom is -0.316 e. The molecule has 20 heavy (non-hydrogen) atoms. The van der Waals surface area contributed by atoms with Crippen LogP contribution in [-0.2, 0) is 6.54 Å². The summed E-state index contributed by atoms with van der Waals surface area (Å²) in [6, 6.07) is 5.41. The predicted octanol–water partition coefficient (Wildman–Crippen LogP) is 2.29. The predicted molar refractivity (Wildman–Crippen MR) is 77.8 cm³/mol. The Morgan fingerprint density at radius 2 is 2.30 bits per heavy atom. The molecule has 2 aliphatic rings. The summed E-state index contributed by atoms with van der Waals surface area (Å²) in [4.78, 5) is 13.2. The number of nitrogens with one attached hydrogen (secondary N) is 1. The molecule has 5 nitrogen and oxygen atoms in total. The first kappa shape index (κ1) is 13.8. The van der Waals surface area contributed by atoms with Crippen LogP contribution in [0.5, 0.6) is 0 Å². The Balaban J connectivity index is 1.80. The third-order valence-electron chi connectivity index (χ3n) is 4.67. The van der Waals surface area contributed by atoms with Crippen molar-refractivity contribution in [1.82, 2.24) is 10.2 Å². The number of rotatable bonds is 3. The Hall–Kier alpha value is -1.17. The fraction of sp³-hybridized carbons (Fsp3) is 0.571. The number of hydrogen-bond donors (Lipinski definition) is 1. The van der Waals surface area contributed by atoms with E-state index in [0.29, 0.717) is 29.4 Å². The van der Waals surface area contributed by atoms with E-state index < -0.39 is 0 Å². The quantitative estimate of drug-likeness (QED) is 0.686. The van der Waals surface area contributed by atoms with Crippen molar-refractivity contribution < 1.29 is 4.92 Å². The van der Waals surface area contributed by atoms with E-state index in [-0.39, 0.29) is 10.6 Å². The molecule has 0 radical (unpaired) electrons. The van der Waals surface area contributed by atoms with E-state index in [2.05, 4.69) is 17.1 Å². The van der Waals surface area contributed by atoms with E-state index in [9.17, 15) is 10.1 Å². The molecule has 3 rings (SSSR count). The second kappa shape index (κ2) is 5.31. The highest BCUT2D eigenvalue weighted by molar-refractivity contribution is 6.30. The lowest BCUT2D eigenvalue weighted by molar-refractivity contribution is -0.385. The lowest BCUT2D eigenvalue weighted by atomic mass is 9.95. The molecule has 6 heteroatoms. The van der Waals surface area contributed by atoms with Gasteiger partial charge in [-0.2, -0.15) is 0 Å². The SMILES string of the molecule is CC1C2CNCC2CN1Cc1ccc(Cl)cc1[N+](=O)[O-]. The molecular weight excluding hydrogens is 278 g/mol. The third-order valence-corrected chi connectivity index (χ3v) is 4.91. The minimum atomic E-state index is -0.343. The number of nitro groups is 1. The molecule has 2 aliphatic heterocycles. The van der Waals surface area contributed by atoms with Crippen LogP contribution in [-0.4, -0.2) is 35.5 Å². The van der Waals surface area contributed by atoms with E-state index in [0.717, 1.165) is 25.2 Å². The first-order valence-corrected chi connectivity index (χ1v) is 7.31. The van der Waals surface area contributed by atoms with Crippen molar-refractivity contribution in [1.29, 1.82) is 0 Å². The maximum absolute atomic E-state index is 11.1. The van der Waals surface area contributed by atoms with E-state index in [1.165, 1.54) is 6.07 Å². The summed E-state index contributed by atoms with van der Waals surface area (Å²) >= 11 is 5.86. The van der Waals surface area contributed by atoms with Crippen molar-refractivity contribution in [2.75, 3.05) is 19.6 Å². The first-order chi connectivity index (χ1) is 9.56. The van der Waals surface area contributed by atoms with E-state index in [4.69, 9.17) is 11.6 Å². The van der Waals surface area contributed by atoms with Gasteiger partial charge in [0, 0.05) is 35.8 Å². The molecule has 0 aromatic heterocycles. The molecule has 2 saturated heterocycles. The van der Waals surface area contributed by atoms with Gasteiger partial charge in [0.15, 0.2) is 0 Å². The molecule has 108 valence electrons. The van der Waals surface area contributed by atoms with Gasteiger partial charge in [0.25, 0.3) is 5.69 Å². The van der Waals surface area contributed by atoms with Crippen LogP contribution in [0, 0.1) is 22.0 Å². The molecule has 3 atom stereocenters. The van der Waals surface area contributed by atoms with Crippen molar-refractivity contribution in [2.45, 2.75) is 19.5 Å². The summed E-state index contributed by atoms with van der Waals surface area (Å²) in [7, 11) is 0. The Bertz CT molecular complexity index is 537. The molecule has 0 bridgehead atoms. The maximum Gasteiger partial charge on any atom is 0.275 e. The summed E-state index contributed by atoms with van der Waals surface area (Å²) in [5.41, 5.74) is 0.874. The Morgan fingerprint density at radius 1 is 1.50 bits per heavy atom. The number of benzene rings is 1. The van der Waals surface area contributed by atoms with Gasteiger partial charge in [0.05, 0.1) is 4.92 Å². The van der Waals surface area contributed by atoms with Gasteiger partial charge >= 0.3 is 0 Å². The topological polar surface area (TPSA) is 58.4 Å². The smallest absolute Gasteiger partial charge is 0.275 e.